The van der Waals surface area contributed by atoms with E-state index in [1.54, 1.807) is 6.92 Å². The molecule has 0 spiro atoms. The van der Waals surface area contributed by atoms with E-state index < -0.39 is 11.9 Å². The first-order valence-corrected chi connectivity index (χ1v) is 6.83. The van der Waals surface area contributed by atoms with Crippen molar-refractivity contribution >= 4 is 29.2 Å². The quantitative estimate of drug-likeness (QED) is 0.668. The molecule has 0 saturated heterocycles. The van der Waals surface area contributed by atoms with Crippen LogP contribution in [0.4, 0.5) is 5.69 Å². The Kier molecular flexibility index (Phi) is 4.95. The van der Waals surface area contributed by atoms with Gasteiger partial charge in [-0.15, -0.1) is 0 Å². The van der Waals surface area contributed by atoms with Crippen LogP contribution in [-0.4, -0.2) is 28.6 Å². The molecule has 2 N–H and O–H groups in total. The minimum atomic E-state index is -0.609. The summed E-state index contributed by atoms with van der Waals surface area (Å²) in [5, 5.41) is 12.5. The molecule has 0 saturated carbocycles. The van der Waals surface area contributed by atoms with Crippen LogP contribution in [0.15, 0.2) is 36.4 Å². The molecule has 2 aromatic rings. The normalized spacial score (nSPS) is 10.1. The first kappa shape index (κ1) is 15.8. The van der Waals surface area contributed by atoms with Crippen molar-refractivity contribution in [1.82, 2.24) is 4.98 Å². The number of carbonyl (C=O) groups excluding carboxylic acids is 2. The minimum absolute atomic E-state index is 0.0185. The first-order chi connectivity index (χ1) is 10.5. The number of hydrogen-bond acceptors (Lipinski definition) is 5. The summed E-state index contributed by atoms with van der Waals surface area (Å²) >= 11 is 5.81. The van der Waals surface area contributed by atoms with E-state index in [9.17, 15) is 14.7 Å². The number of amides is 1. The van der Waals surface area contributed by atoms with Gasteiger partial charge in [0.15, 0.2) is 0 Å². The minimum Gasteiger partial charge on any atom is -0.506 e. The standard InChI is InChI=1S/C15H13ClN2O4/c1-2-22-15(21)11-5-3-4-10(17-11)14(20)18-12-8-9(16)6-7-13(12)19/h3-8,19H,2H2,1H3,(H,18,20). The Morgan fingerprint density at radius 3 is 2.73 bits per heavy atom. The molecule has 0 bridgehead atoms. The number of anilines is 1. The Hall–Kier alpha value is -2.60. The van der Waals surface area contributed by atoms with Crippen LogP contribution in [0.3, 0.4) is 0 Å². The van der Waals surface area contributed by atoms with Gasteiger partial charge < -0.3 is 15.2 Å². The fraction of sp³-hybridized carbons (Fsp3) is 0.133. The number of phenolic OH excluding ortho intramolecular Hbond substituents is 1. The van der Waals surface area contributed by atoms with Gasteiger partial charge in [-0.25, -0.2) is 9.78 Å². The number of carbonyl (C=O) groups is 2. The summed E-state index contributed by atoms with van der Waals surface area (Å²) in [6.07, 6.45) is 0. The van der Waals surface area contributed by atoms with Crippen molar-refractivity contribution in [2.45, 2.75) is 6.92 Å². The summed E-state index contributed by atoms with van der Waals surface area (Å²) < 4.78 is 4.83. The number of pyridine rings is 1. The molecule has 0 fully saturated rings. The molecule has 7 heteroatoms. The van der Waals surface area contributed by atoms with Crippen LogP contribution in [0.1, 0.15) is 27.9 Å². The Morgan fingerprint density at radius 2 is 2.00 bits per heavy atom. The molecule has 22 heavy (non-hydrogen) atoms. The molecular formula is C15H13ClN2O4. The van der Waals surface area contributed by atoms with Crippen LogP contribution >= 0.6 is 11.6 Å². The summed E-state index contributed by atoms with van der Waals surface area (Å²) in [6.45, 7) is 1.89. The number of nitrogens with zero attached hydrogens (tertiary/aromatic N) is 1. The van der Waals surface area contributed by atoms with Gasteiger partial charge in [-0.05, 0) is 37.3 Å². The monoisotopic (exact) mass is 320 g/mol. The predicted molar refractivity (Wildman–Crippen MR) is 81.3 cm³/mol. The van der Waals surface area contributed by atoms with Gasteiger partial charge in [-0.1, -0.05) is 17.7 Å². The van der Waals surface area contributed by atoms with Crippen LogP contribution in [0.25, 0.3) is 0 Å². The number of hydrogen-bond donors (Lipinski definition) is 2. The highest BCUT2D eigenvalue weighted by atomic mass is 35.5. The van der Waals surface area contributed by atoms with Crippen molar-refractivity contribution in [3.8, 4) is 5.75 Å². The highest BCUT2D eigenvalue weighted by Gasteiger charge is 2.14. The van der Waals surface area contributed by atoms with Gasteiger partial charge in [-0.2, -0.15) is 0 Å². The third kappa shape index (κ3) is 3.73. The van der Waals surface area contributed by atoms with E-state index in [0.717, 1.165) is 0 Å². The van der Waals surface area contributed by atoms with Crippen LogP contribution in [-0.2, 0) is 4.74 Å². The van der Waals surface area contributed by atoms with E-state index in [2.05, 4.69) is 10.3 Å². The smallest absolute Gasteiger partial charge is 0.356 e. The average molecular weight is 321 g/mol. The van der Waals surface area contributed by atoms with E-state index >= 15 is 0 Å². The summed E-state index contributed by atoms with van der Waals surface area (Å²) in [7, 11) is 0. The maximum absolute atomic E-state index is 12.1. The number of benzene rings is 1. The Balaban J connectivity index is 2.21. The van der Waals surface area contributed by atoms with Gasteiger partial charge in [0.2, 0.25) is 0 Å². The fourth-order valence-corrected chi connectivity index (χ4v) is 1.85. The molecule has 1 aromatic carbocycles. The van der Waals surface area contributed by atoms with Crippen molar-refractivity contribution in [3.05, 3.63) is 52.8 Å². The van der Waals surface area contributed by atoms with Gasteiger partial charge in [0.1, 0.15) is 17.1 Å². The Labute approximate surface area is 131 Å². The van der Waals surface area contributed by atoms with Crippen LogP contribution in [0, 0.1) is 0 Å². The number of aromatic nitrogens is 1. The topological polar surface area (TPSA) is 88.5 Å². The number of halogens is 1. The molecule has 0 aliphatic carbocycles. The third-order valence-corrected chi connectivity index (χ3v) is 2.91. The zero-order chi connectivity index (χ0) is 16.1. The molecule has 114 valence electrons. The molecular weight excluding hydrogens is 308 g/mol. The Bertz CT molecular complexity index is 718. The molecule has 0 radical (unpaired) electrons. The van der Waals surface area contributed by atoms with Gasteiger partial charge in [0.05, 0.1) is 12.3 Å². The van der Waals surface area contributed by atoms with E-state index in [0.29, 0.717) is 5.02 Å². The van der Waals surface area contributed by atoms with Crippen LogP contribution in [0.2, 0.25) is 5.02 Å². The third-order valence-electron chi connectivity index (χ3n) is 2.67. The van der Waals surface area contributed by atoms with E-state index in [1.807, 2.05) is 0 Å². The second-order valence-corrected chi connectivity index (χ2v) is 4.68. The SMILES string of the molecule is CCOC(=O)c1cccc(C(=O)Nc2cc(Cl)ccc2O)n1. The van der Waals surface area contributed by atoms with Crippen LogP contribution < -0.4 is 5.32 Å². The van der Waals surface area contributed by atoms with Crippen molar-refractivity contribution in [2.24, 2.45) is 0 Å². The molecule has 0 unspecified atom stereocenters. The zero-order valence-electron chi connectivity index (χ0n) is 11.7. The lowest BCUT2D eigenvalue weighted by molar-refractivity contribution is 0.0519. The lowest BCUT2D eigenvalue weighted by Crippen LogP contribution is -2.16. The maximum atomic E-state index is 12.1. The van der Waals surface area contributed by atoms with Gasteiger partial charge in [0, 0.05) is 5.02 Å². The van der Waals surface area contributed by atoms with E-state index in [1.165, 1.54) is 36.4 Å². The summed E-state index contributed by atoms with van der Waals surface area (Å²) in [5.41, 5.74) is 0.204. The lowest BCUT2D eigenvalue weighted by atomic mass is 10.2. The first-order valence-electron chi connectivity index (χ1n) is 6.45. The maximum Gasteiger partial charge on any atom is 0.356 e. The van der Waals surface area contributed by atoms with Gasteiger partial charge >= 0.3 is 5.97 Å². The second-order valence-electron chi connectivity index (χ2n) is 4.24. The van der Waals surface area contributed by atoms with Gasteiger partial charge in [0.25, 0.3) is 5.91 Å². The largest absolute Gasteiger partial charge is 0.506 e. The summed E-state index contributed by atoms with van der Waals surface area (Å²) in [4.78, 5) is 27.7. The number of rotatable bonds is 4. The molecule has 1 heterocycles. The summed E-state index contributed by atoms with van der Waals surface area (Å²) in [6, 6.07) is 8.67. The molecule has 2 rings (SSSR count). The van der Waals surface area contributed by atoms with Crippen molar-refractivity contribution in [3.63, 3.8) is 0 Å². The zero-order valence-corrected chi connectivity index (χ0v) is 12.4. The van der Waals surface area contributed by atoms with E-state index in [4.69, 9.17) is 16.3 Å². The molecule has 0 atom stereocenters. The second kappa shape index (κ2) is 6.91. The summed E-state index contributed by atoms with van der Waals surface area (Å²) in [5.74, 6) is -1.31. The predicted octanol–water partition coefficient (Wildman–Crippen LogP) is 2.87. The van der Waals surface area contributed by atoms with Gasteiger partial charge in [-0.3, -0.25) is 4.79 Å². The Morgan fingerprint density at radius 1 is 1.27 bits per heavy atom. The fourth-order valence-electron chi connectivity index (χ4n) is 1.67. The van der Waals surface area contributed by atoms with E-state index in [-0.39, 0.29) is 29.4 Å². The van der Waals surface area contributed by atoms with Crippen LogP contribution in [0.5, 0.6) is 5.75 Å². The average Bonchev–Trinajstić information content (AvgIpc) is 2.51. The lowest BCUT2D eigenvalue weighted by Gasteiger charge is -2.08. The number of aromatic hydroxyl groups is 1. The number of esters is 1. The molecule has 1 aromatic heterocycles. The molecule has 6 nitrogen and oxygen atoms in total. The molecule has 0 aliphatic heterocycles. The molecule has 0 aliphatic rings. The number of nitrogens with one attached hydrogen (secondary N) is 1. The number of ether oxygens (including phenoxy) is 1. The number of phenols is 1. The molecule has 1 amide bonds. The highest BCUT2D eigenvalue weighted by Crippen LogP contribution is 2.26. The van der Waals surface area contributed by atoms with Crippen molar-refractivity contribution < 1.29 is 19.4 Å². The highest BCUT2D eigenvalue weighted by molar-refractivity contribution is 6.31. The van der Waals surface area contributed by atoms with Crippen molar-refractivity contribution in [2.75, 3.05) is 11.9 Å². The van der Waals surface area contributed by atoms with Crippen molar-refractivity contribution in [1.29, 1.82) is 0 Å².